The van der Waals surface area contributed by atoms with Crippen molar-refractivity contribution in [3.05, 3.63) is 60.2 Å². The Morgan fingerprint density at radius 1 is 1.07 bits per heavy atom. The van der Waals surface area contributed by atoms with Gasteiger partial charge in [-0.2, -0.15) is 0 Å². The van der Waals surface area contributed by atoms with E-state index in [4.69, 9.17) is 9.72 Å². The summed E-state index contributed by atoms with van der Waals surface area (Å²) in [5.41, 5.74) is 2.34. The number of aromatic nitrogens is 1. The van der Waals surface area contributed by atoms with Crippen LogP contribution in [0.5, 0.6) is 5.75 Å². The number of fused-ring (bicyclic) bond motifs is 1. The number of anilines is 2. The number of carbonyl (C=O) groups is 1. The first-order valence-corrected chi connectivity index (χ1v) is 10.7. The number of hydrogen-bond acceptors (Lipinski definition) is 4. The molecule has 0 bridgehead atoms. The van der Waals surface area contributed by atoms with Gasteiger partial charge >= 0.3 is 0 Å². The van der Waals surface area contributed by atoms with Crippen LogP contribution in [0, 0.1) is 11.8 Å². The maximum absolute atomic E-state index is 13.3. The number of carbonyl (C=O) groups excluding carboxylic acids is 1. The summed E-state index contributed by atoms with van der Waals surface area (Å²) in [4.78, 5) is 18.0. The van der Waals surface area contributed by atoms with Gasteiger partial charge in [-0.3, -0.25) is 4.79 Å². The van der Waals surface area contributed by atoms with Crippen LogP contribution in [-0.2, 0) is 0 Å². The standard InChI is InChI=1S/C25H29N3O2/c1-16-7-6-10-22(17(16)2)28-25(29)21-15-24(27-23-9-5-4-8-20(21)23)26-18-11-13-19(30-3)14-12-18/h4-5,8-9,11-17,22H,6-7,10H2,1-3H3,(H,26,27)(H,28,29)/t16-,17+,22-/m1/s1. The van der Waals surface area contributed by atoms with Gasteiger partial charge in [-0.1, -0.05) is 44.9 Å². The molecular weight excluding hydrogens is 374 g/mol. The first kappa shape index (κ1) is 20.2. The van der Waals surface area contributed by atoms with Gasteiger partial charge in [0.2, 0.25) is 0 Å². The fourth-order valence-corrected chi connectivity index (χ4v) is 4.28. The van der Waals surface area contributed by atoms with Crippen LogP contribution in [-0.4, -0.2) is 24.0 Å². The number of amides is 1. The summed E-state index contributed by atoms with van der Waals surface area (Å²) < 4.78 is 5.22. The average Bonchev–Trinajstić information content (AvgIpc) is 2.77. The smallest absolute Gasteiger partial charge is 0.252 e. The van der Waals surface area contributed by atoms with Crippen LogP contribution in [0.25, 0.3) is 10.9 Å². The number of benzene rings is 2. The largest absolute Gasteiger partial charge is 0.497 e. The molecule has 1 aliphatic rings. The van der Waals surface area contributed by atoms with E-state index in [-0.39, 0.29) is 11.9 Å². The van der Waals surface area contributed by atoms with Crippen molar-refractivity contribution in [2.24, 2.45) is 11.8 Å². The molecule has 2 aromatic carbocycles. The minimum Gasteiger partial charge on any atom is -0.497 e. The zero-order valence-corrected chi connectivity index (χ0v) is 17.8. The van der Waals surface area contributed by atoms with Crippen LogP contribution >= 0.6 is 0 Å². The number of para-hydroxylation sites is 1. The van der Waals surface area contributed by atoms with Crippen molar-refractivity contribution < 1.29 is 9.53 Å². The molecule has 0 radical (unpaired) electrons. The lowest BCUT2D eigenvalue weighted by Crippen LogP contribution is -2.43. The lowest BCUT2D eigenvalue weighted by molar-refractivity contribution is 0.0892. The molecule has 5 heteroatoms. The molecule has 1 heterocycles. The van der Waals surface area contributed by atoms with Crippen molar-refractivity contribution in [3.63, 3.8) is 0 Å². The molecule has 0 spiro atoms. The normalized spacial score (nSPS) is 21.2. The van der Waals surface area contributed by atoms with Gasteiger partial charge in [-0.15, -0.1) is 0 Å². The van der Waals surface area contributed by atoms with Crippen LogP contribution in [0.1, 0.15) is 43.5 Å². The second-order valence-electron chi connectivity index (χ2n) is 8.27. The SMILES string of the molecule is COc1ccc(Nc2cc(C(=O)N[C@@H]3CCC[C@@H](C)[C@@H]3C)c3ccccc3n2)cc1. The van der Waals surface area contributed by atoms with E-state index < -0.39 is 0 Å². The summed E-state index contributed by atoms with van der Waals surface area (Å²) in [6.45, 7) is 4.53. The highest BCUT2D eigenvalue weighted by atomic mass is 16.5. The van der Waals surface area contributed by atoms with Gasteiger partial charge in [0.15, 0.2) is 0 Å². The van der Waals surface area contributed by atoms with Crippen LogP contribution < -0.4 is 15.4 Å². The lowest BCUT2D eigenvalue weighted by Gasteiger charge is -2.34. The fraction of sp³-hybridized carbons (Fsp3) is 0.360. The molecule has 156 valence electrons. The third kappa shape index (κ3) is 4.25. The Labute approximate surface area is 177 Å². The van der Waals surface area contributed by atoms with E-state index in [1.165, 1.54) is 6.42 Å². The van der Waals surface area contributed by atoms with Crippen LogP contribution in [0.3, 0.4) is 0 Å². The third-order valence-electron chi connectivity index (χ3n) is 6.35. The summed E-state index contributed by atoms with van der Waals surface area (Å²) in [6.07, 6.45) is 3.44. The molecule has 0 aliphatic heterocycles. The Hall–Kier alpha value is -3.08. The summed E-state index contributed by atoms with van der Waals surface area (Å²) >= 11 is 0. The second-order valence-corrected chi connectivity index (χ2v) is 8.27. The first-order chi connectivity index (χ1) is 14.5. The fourth-order valence-electron chi connectivity index (χ4n) is 4.28. The van der Waals surface area contributed by atoms with E-state index in [0.29, 0.717) is 23.2 Å². The average molecular weight is 404 g/mol. The quantitative estimate of drug-likeness (QED) is 0.587. The molecule has 2 N–H and O–H groups in total. The minimum atomic E-state index is -0.0302. The van der Waals surface area contributed by atoms with Crippen LogP contribution in [0.2, 0.25) is 0 Å². The highest BCUT2D eigenvalue weighted by Gasteiger charge is 2.28. The highest BCUT2D eigenvalue weighted by molar-refractivity contribution is 6.07. The first-order valence-electron chi connectivity index (χ1n) is 10.7. The van der Waals surface area contributed by atoms with E-state index in [0.717, 1.165) is 35.2 Å². The molecule has 30 heavy (non-hydrogen) atoms. The molecule has 4 rings (SSSR count). The minimum absolute atomic E-state index is 0.0302. The van der Waals surface area contributed by atoms with Crippen LogP contribution in [0.4, 0.5) is 11.5 Å². The molecule has 1 aromatic heterocycles. The van der Waals surface area contributed by atoms with Gasteiger partial charge in [-0.25, -0.2) is 4.98 Å². The molecule has 3 aromatic rings. The number of rotatable bonds is 5. The molecule has 1 fully saturated rings. The molecular formula is C25H29N3O2. The Morgan fingerprint density at radius 3 is 2.60 bits per heavy atom. The molecule has 0 saturated heterocycles. The number of hydrogen-bond donors (Lipinski definition) is 2. The van der Waals surface area contributed by atoms with Gasteiger partial charge in [0.05, 0.1) is 18.2 Å². The van der Waals surface area contributed by atoms with Crippen molar-refractivity contribution in [2.45, 2.75) is 39.2 Å². The Balaban J connectivity index is 1.63. The maximum atomic E-state index is 13.3. The molecule has 3 atom stereocenters. The number of methoxy groups -OCH3 is 1. The number of nitrogens with one attached hydrogen (secondary N) is 2. The predicted molar refractivity (Wildman–Crippen MR) is 121 cm³/mol. The van der Waals surface area contributed by atoms with E-state index in [1.807, 2.05) is 54.6 Å². The van der Waals surface area contributed by atoms with Crippen LogP contribution in [0.15, 0.2) is 54.6 Å². The van der Waals surface area contributed by atoms with Crippen molar-refractivity contribution >= 4 is 28.3 Å². The number of ether oxygens (including phenoxy) is 1. The number of pyridine rings is 1. The molecule has 0 unspecified atom stereocenters. The third-order valence-corrected chi connectivity index (χ3v) is 6.35. The van der Waals surface area contributed by atoms with E-state index in [1.54, 1.807) is 7.11 Å². The molecule has 1 saturated carbocycles. The molecule has 5 nitrogen and oxygen atoms in total. The van der Waals surface area contributed by atoms with Gasteiger partial charge in [0, 0.05) is 17.1 Å². The monoisotopic (exact) mass is 403 g/mol. The summed E-state index contributed by atoms with van der Waals surface area (Å²) in [5, 5.41) is 7.49. The Morgan fingerprint density at radius 2 is 1.83 bits per heavy atom. The predicted octanol–water partition coefficient (Wildman–Crippen LogP) is 5.54. The van der Waals surface area contributed by atoms with Gasteiger partial charge in [0.1, 0.15) is 11.6 Å². The lowest BCUT2D eigenvalue weighted by atomic mass is 9.78. The zero-order chi connectivity index (χ0) is 21.1. The zero-order valence-electron chi connectivity index (χ0n) is 17.8. The van der Waals surface area contributed by atoms with E-state index >= 15 is 0 Å². The highest BCUT2D eigenvalue weighted by Crippen LogP contribution is 2.30. The molecule has 1 amide bonds. The Bertz CT molecular complexity index is 1030. The summed E-state index contributed by atoms with van der Waals surface area (Å²) in [5.74, 6) is 2.52. The van der Waals surface area contributed by atoms with E-state index in [2.05, 4.69) is 24.5 Å². The van der Waals surface area contributed by atoms with Gasteiger partial charge in [0.25, 0.3) is 5.91 Å². The van der Waals surface area contributed by atoms with Crippen molar-refractivity contribution in [2.75, 3.05) is 12.4 Å². The second kappa shape index (κ2) is 8.74. The van der Waals surface area contributed by atoms with E-state index in [9.17, 15) is 4.79 Å². The topological polar surface area (TPSA) is 63.2 Å². The molecule has 1 aliphatic carbocycles. The van der Waals surface area contributed by atoms with Crippen molar-refractivity contribution in [3.8, 4) is 5.75 Å². The maximum Gasteiger partial charge on any atom is 0.252 e. The summed E-state index contributed by atoms with van der Waals surface area (Å²) in [7, 11) is 1.64. The number of nitrogens with zero attached hydrogens (tertiary/aromatic N) is 1. The van der Waals surface area contributed by atoms with Gasteiger partial charge in [-0.05, 0) is 54.7 Å². The van der Waals surface area contributed by atoms with Crippen molar-refractivity contribution in [1.82, 2.24) is 10.3 Å². The Kier molecular flexibility index (Phi) is 5.88. The van der Waals surface area contributed by atoms with Crippen molar-refractivity contribution in [1.29, 1.82) is 0 Å². The van der Waals surface area contributed by atoms with Gasteiger partial charge < -0.3 is 15.4 Å². The summed E-state index contributed by atoms with van der Waals surface area (Å²) in [6, 6.07) is 17.5.